The van der Waals surface area contributed by atoms with Crippen molar-refractivity contribution < 1.29 is 12.6 Å². The summed E-state index contributed by atoms with van der Waals surface area (Å²) < 4.78 is 62.6. The molecule has 0 saturated carbocycles. The maximum Gasteiger partial charge on any atom is 0.164 e. The Balaban J connectivity index is 1.21. The highest BCUT2D eigenvalue weighted by molar-refractivity contribution is 6.12. The Morgan fingerprint density at radius 3 is 1.62 bits per heavy atom. The molecule has 0 radical (unpaired) electrons. The summed E-state index contributed by atoms with van der Waals surface area (Å²) in [5, 5.41) is 6.23. The van der Waals surface area contributed by atoms with Crippen LogP contribution in [0.25, 0.3) is 116 Å². The molecular formula is C53H32N4O. The van der Waals surface area contributed by atoms with Gasteiger partial charge in [0.1, 0.15) is 11.2 Å². The van der Waals surface area contributed by atoms with E-state index in [0.29, 0.717) is 39.9 Å². The lowest BCUT2D eigenvalue weighted by atomic mass is 9.98. The number of rotatable bonds is 5. The van der Waals surface area contributed by atoms with Gasteiger partial charge in [0.05, 0.1) is 24.9 Å². The van der Waals surface area contributed by atoms with Gasteiger partial charge in [-0.3, -0.25) is 0 Å². The Labute approximate surface area is 341 Å². The second kappa shape index (κ2) is 12.8. The number of hydrogen-bond donors (Lipinski definition) is 0. The molecule has 12 rings (SSSR count). The van der Waals surface area contributed by atoms with Gasteiger partial charge in [-0.05, 0) is 45.8 Å². The number of para-hydroxylation sites is 4. The van der Waals surface area contributed by atoms with Crippen LogP contribution < -0.4 is 0 Å². The molecule has 0 aliphatic heterocycles. The molecule has 0 aliphatic carbocycles. The van der Waals surface area contributed by atoms with Gasteiger partial charge in [-0.25, -0.2) is 15.0 Å². The first-order chi connectivity index (χ1) is 31.2. The Morgan fingerprint density at radius 2 is 0.948 bits per heavy atom. The van der Waals surface area contributed by atoms with Crippen molar-refractivity contribution in [3.63, 3.8) is 0 Å². The number of fused-ring (bicyclic) bond motifs is 8. The first-order valence-electron chi connectivity index (χ1n) is 22.0. The number of benzene rings is 9. The van der Waals surface area contributed by atoms with E-state index in [0.717, 1.165) is 54.6 Å². The molecule has 12 aromatic rings. The smallest absolute Gasteiger partial charge is 0.164 e. The van der Waals surface area contributed by atoms with Crippen LogP contribution >= 0.6 is 0 Å². The van der Waals surface area contributed by atoms with Crippen LogP contribution in [0.2, 0.25) is 0 Å². The summed E-state index contributed by atoms with van der Waals surface area (Å²) in [4.78, 5) is 15.6. The van der Waals surface area contributed by atoms with Crippen LogP contribution in [-0.4, -0.2) is 19.5 Å². The van der Waals surface area contributed by atoms with E-state index in [9.17, 15) is 2.74 Å². The fourth-order valence-electron chi connectivity index (χ4n) is 8.38. The summed E-state index contributed by atoms with van der Waals surface area (Å²) in [6, 6.07) is 49.7. The van der Waals surface area contributed by atoms with Gasteiger partial charge in [-0.2, -0.15) is 0 Å². The van der Waals surface area contributed by atoms with E-state index < -0.39 is 0 Å². The molecule has 9 aromatic carbocycles. The number of nitrogens with zero attached hydrogens (tertiary/aromatic N) is 4. The summed E-state index contributed by atoms with van der Waals surface area (Å²) in [5.74, 6) is 1.33. The van der Waals surface area contributed by atoms with Gasteiger partial charge in [0, 0.05) is 49.4 Å². The van der Waals surface area contributed by atoms with Crippen LogP contribution in [0.15, 0.2) is 198 Å². The van der Waals surface area contributed by atoms with Gasteiger partial charge in [-0.15, -0.1) is 0 Å². The maximum absolute atomic E-state index is 9.35. The van der Waals surface area contributed by atoms with Crippen LogP contribution in [-0.2, 0) is 0 Å². The minimum absolute atomic E-state index is 0.0625. The SMILES string of the molecule is [2H]c1cc([2H])c2c(c1[2H])c1c([2H])c([2H])cc([2H])c1n2-c1cc(-c2nc(-c3cccc4ccccc34)nc(-c3cccc4ccccc34)n2)ccc1-c1cccc2c1oc1ccccc12. The van der Waals surface area contributed by atoms with Crippen LogP contribution in [0.4, 0.5) is 0 Å². The zero-order valence-corrected chi connectivity index (χ0v) is 30.7. The van der Waals surface area contributed by atoms with Gasteiger partial charge in [0.2, 0.25) is 0 Å². The number of aromatic nitrogens is 4. The van der Waals surface area contributed by atoms with E-state index in [1.54, 1.807) is 4.57 Å². The predicted molar refractivity (Wildman–Crippen MR) is 238 cm³/mol. The van der Waals surface area contributed by atoms with Gasteiger partial charge in [0.25, 0.3) is 0 Å². The van der Waals surface area contributed by atoms with Crippen molar-refractivity contribution >= 4 is 65.3 Å². The van der Waals surface area contributed by atoms with E-state index in [2.05, 4.69) is 36.4 Å². The Hall–Kier alpha value is -7.89. The minimum atomic E-state index is -0.192. The van der Waals surface area contributed by atoms with Crippen molar-refractivity contribution in [1.29, 1.82) is 0 Å². The third-order valence-corrected chi connectivity index (χ3v) is 11.0. The van der Waals surface area contributed by atoms with E-state index in [-0.39, 0.29) is 58.1 Å². The molecule has 0 unspecified atom stereocenters. The zero-order valence-electron chi connectivity index (χ0n) is 36.7. The second-order valence-electron chi connectivity index (χ2n) is 14.3. The lowest BCUT2D eigenvalue weighted by Crippen LogP contribution is -2.03. The highest BCUT2D eigenvalue weighted by atomic mass is 16.3. The van der Waals surface area contributed by atoms with E-state index in [4.69, 9.17) is 24.9 Å². The molecule has 0 atom stereocenters. The van der Waals surface area contributed by atoms with Crippen molar-refractivity contribution in [3.8, 4) is 51.0 Å². The second-order valence-corrected chi connectivity index (χ2v) is 14.3. The van der Waals surface area contributed by atoms with Crippen molar-refractivity contribution in [2.24, 2.45) is 0 Å². The fourth-order valence-corrected chi connectivity index (χ4v) is 8.38. The zero-order chi connectivity index (χ0) is 43.4. The van der Waals surface area contributed by atoms with Gasteiger partial charge in [0.15, 0.2) is 17.5 Å². The molecule has 0 amide bonds. The normalized spacial score (nSPS) is 13.2. The Morgan fingerprint density at radius 1 is 0.414 bits per heavy atom. The molecule has 0 saturated heterocycles. The quantitative estimate of drug-likeness (QED) is 0.176. The summed E-state index contributed by atoms with van der Waals surface area (Å²) >= 11 is 0. The third kappa shape index (κ3) is 5.00. The minimum Gasteiger partial charge on any atom is -0.455 e. The molecule has 0 fully saturated rings. The molecule has 0 aliphatic rings. The Kier molecular flexibility index (Phi) is 5.94. The van der Waals surface area contributed by atoms with Gasteiger partial charge in [-0.1, -0.05) is 170 Å². The topological polar surface area (TPSA) is 56.7 Å². The molecule has 0 spiro atoms. The number of hydrogen-bond acceptors (Lipinski definition) is 4. The summed E-state index contributed by atoms with van der Waals surface area (Å²) in [6.07, 6.45) is 0. The molecule has 270 valence electrons. The van der Waals surface area contributed by atoms with E-state index >= 15 is 0 Å². The highest BCUT2D eigenvalue weighted by Gasteiger charge is 2.22. The molecule has 5 heteroatoms. The average molecular weight is 747 g/mol. The van der Waals surface area contributed by atoms with Crippen LogP contribution in [0.5, 0.6) is 0 Å². The largest absolute Gasteiger partial charge is 0.455 e. The summed E-state index contributed by atoms with van der Waals surface area (Å²) in [7, 11) is 0. The molecule has 0 bridgehead atoms. The van der Waals surface area contributed by atoms with Crippen LogP contribution in [0, 0.1) is 0 Å². The predicted octanol–water partition coefficient (Wildman–Crippen LogP) is 13.8. The molecular weight excluding hydrogens is 709 g/mol. The van der Waals surface area contributed by atoms with Crippen molar-refractivity contribution in [3.05, 3.63) is 194 Å². The molecule has 3 aromatic heterocycles. The average Bonchev–Trinajstić information content (AvgIpc) is 3.90. The maximum atomic E-state index is 9.35. The van der Waals surface area contributed by atoms with E-state index in [1.807, 2.05) is 109 Å². The molecule has 0 N–H and O–H groups in total. The summed E-state index contributed by atoms with van der Waals surface area (Å²) in [5.41, 5.74) is 6.00. The first-order valence-corrected chi connectivity index (χ1v) is 19.0. The molecule has 3 heterocycles. The lowest BCUT2D eigenvalue weighted by molar-refractivity contribution is 0.670. The molecule has 5 nitrogen and oxygen atoms in total. The summed E-state index contributed by atoms with van der Waals surface area (Å²) in [6.45, 7) is 0. The standard InChI is InChI=1S/C53H32N4O/c1-3-18-36-33(14-1)16-11-25-44(36)52-54-51(55-53(56-52)45-26-12-17-34-15-2-4-19-37(34)45)35-30-31-40(42-23-13-24-43-41-22-7-10-29-49(41)58-50(42)43)48(32-35)57-46-27-8-5-20-38(46)39-21-6-9-28-47(39)57/h1-32H/i5D,6D,20D,21D,27D,28D. The highest BCUT2D eigenvalue weighted by Crippen LogP contribution is 2.42. The van der Waals surface area contributed by atoms with Crippen LogP contribution in [0.3, 0.4) is 0 Å². The van der Waals surface area contributed by atoms with Crippen molar-refractivity contribution in [1.82, 2.24) is 19.5 Å². The van der Waals surface area contributed by atoms with Gasteiger partial charge >= 0.3 is 0 Å². The van der Waals surface area contributed by atoms with Crippen LogP contribution in [0.1, 0.15) is 8.22 Å². The first kappa shape index (κ1) is 26.8. The Bertz CT molecular complexity index is 3770. The monoisotopic (exact) mass is 746 g/mol. The third-order valence-electron chi connectivity index (χ3n) is 11.0. The van der Waals surface area contributed by atoms with E-state index in [1.165, 1.54) is 12.1 Å². The molecule has 58 heavy (non-hydrogen) atoms. The fraction of sp³-hybridized carbons (Fsp3) is 0. The van der Waals surface area contributed by atoms with Gasteiger partial charge < -0.3 is 8.98 Å². The van der Waals surface area contributed by atoms with Crippen molar-refractivity contribution in [2.45, 2.75) is 0 Å². The number of furan rings is 1. The van der Waals surface area contributed by atoms with Crippen molar-refractivity contribution in [2.75, 3.05) is 0 Å². The lowest BCUT2D eigenvalue weighted by Gasteiger charge is -2.17.